The SMILES string of the molecule is NC1(c2nc3cc4c(cc3[nH]2)OCCO4)CCC1. The lowest BCUT2D eigenvalue weighted by Crippen LogP contribution is -2.44. The predicted octanol–water partition coefficient (Wildman–Crippen LogP) is 1.67. The van der Waals surface area contributed by atoms with Crippen LogP contribution in [0.2, 0.25) is 0 Å². The molecule has 1 aliphatic heterocycles. The Morgan fingerprint density at radius 1 is 1.17 bits per heavy atom. The number of H-pyrrole nitrogens is 1. The molecule has 5 heteroatoms. The number of nitrogens with two attached hydrogens (primary N) is 1. The molecule has 2 aliphatic rings. The maximum absolute atomic E-state index is 6.29. The molecular weight excluding hydrogens is 230 g/mol. The van der Waals surface area contributed by atoms with Crippen LogP contribution in [0.4, 0.5) is 0 Å². The molecule has 1 aromatic heterocycles. The van der Waals surface area contributed by atoms with Gasteiger partial charge >= 0.3 is 0 Å². The summed E-state index contributed by atoms with van der Waals surface area (Å²) in [6.45, 7) is 1.19. The maximum atomic E-state index is 6.29. The van der Waals surface area contributed by atoms with Crippen LogP contribution in [0.3, 0.4) is 0 Å². The van der Waals surface area contributed by atoms with Gasteiger partial charge in [-0.1, -0.05) is 0 Å². The number of benzene rings is 1. The maximum Gasteiger partial charge on any atom is 0.163 e. The van der Waals surface area contributed by atoms with Crippen molar-refractivity contribution in [2.24, 2.45) is 5.73 Å². The van der Waals surface area contributed by atoms with Gasteiger partial charge in [-0.05, 0) is 19.3 Å². The van der Waals surface area contributed by atoms with Crippen molar-refractivity contribution in [3.63, 3.8) is 0 Å². The van der Waals surface area contributed by atoms with E-state index in [1.807, 2.05) is 12.1 Å². The van der Waals surface area contributed by atoms with Crippen molar-refractivity contribution in [2.75, 3.05) is 13.2 Å². The van der Waals surface area contributed by atoms with E-state index in [1.165, 1.54) is 6.42 Å². The summed E-state index contributed by atoms with van der Waals surface area (Å²) in [6.07, 6.45) is 3.18. The zero-order valence-corrected chi connectivity index (χ0v) is 10.0. The molecule has 1 saturated carbocycles. The van der Waals surface area contributed by atoms with Crippen molar-refractivity contribution < 1.29 is 9.47 Å². The van der Waals surface area contributed by atoms with Crippen LogP contribution in [0, 0.1) is 0 Å². The third kappa shape index (κ3) is 1.34. The minimum Gasteiger partial charge on any atom is -0.486 e. The number of hydrogen-bond donors (Lipinski definition) is 2. The van der Waals surface area contributed by atoms with Gasteiger partial charge in [0.1, 0.15) is 19.0 Å². The Balaban J connectivity index is 1.84. The smallest absolute Gasteiger partial charge is 0.163 e. The first kappa shape index (κ1) is 10.2. The number of fused-ring (bicyclic) bond motifs is 2. The van der Waals surface area contributed by atoms with Gasteiger partial charge in [0.15, 0.2) is 11.5 Å². The number of hydrogen-bond acceptors (Lipinski definition) is 4. The molecule has 0 unspecified atom stereocenters. The van der Waals surface area contributed by atoms with Crippen molar-refractivity contribution in [2.45, 2.75) is 24.8 Å². The summed E-state index contributed by atoms with van der Waals surface area (Å²) >= 11 is 0. The van der Waals surface area contributed by atoms with Gasteiger partial charge in [0, 0.05) is 12.1 Å². The average Bonchev–Trinajstić information content (AvgIpc) is 2.76. The lowest BCUT2D eigenvalue weighted by Gasteiger charge is -2.35. The topological polar surface area (TPSA) is 73.2 Å². The Labute approximate surface area is 104 Å². The van der Waals surface area contributed by atoms with Crippen LogP contribution in [-0.2, 0) is 5.54 Å². The number of imidazole rings is 1. The largest absolute Gasteiger partial charge is 0.486 e. The van der Waals surface area contributed by atoms with E-state index in [0.29, 0.717) is 13.2 Å². The van der Waals surface area contributed by atoms with Crippen LogP contribution in [0.25, 0.3) is 11.0 Å². The van der Waals surface area contributed by atoms with Crippen LogP contribution >= 0.6 is 0 Å². The average molecular weight is 245 g/mol. The van der Waals surface area contributed by atoms with E-state index in [2.05, 4.69) is 9.97 Å². The molecule has 0 spiro atoms. The van der Waals surface area contributed by atoms with Crippen LogP contribution < -0.4 is 15.2 Å². The molecule has 0 radical (unpaired) electrons. The first-order valence-electron chi connectivity index (χ1n) is 6.33. The van der Waals surface area contributed by atoms with Gasteiger partial charge in [-0.15, -0.1) is 0 Å². The molecule has 1 fully saturated rings. The van der Waals surface area contributed by atoms with E-state index >= 15 is 0 Å². The van der Waals surface area contributed by atoms with Crippen molar-refractivity contribution in [3.05, 3.63) is 18.0 Å². The summed E-state index contributed by atoms with van der Waals surface area (Å²) in [6, 6.07) is 3.87. The van der Waals surface area contributed by atoms with E-state index in [9.17, 15) is 0 Å². The molecule has 1 aromatic carbocycles. The number of rotatable bonds is 1. The summed E-state index contributed by atoms with van der Waals surface area (Å²) in [5.41, 5.74) is 7.88. The van der Waals surface area contributed by atoms with Crippen LogP contribution in [-0.4, -0.2) is 23.2 Å². The summed E-state index contributed by atoms with van der Waals surface area (Å²) < 4.78 is 11.1. The Bertz CT molecular complexity index is 573. The van der Waals surface area contributed by atoms with E-state index in [1.54, 1.807) is 0 Å². The van der Waals surface area contributed by atoms with E-state index in [0.717, 1.165) is 41.2 Å². The fourth-order valence-electron chi connectivity index (χ4n) is 2.58. The van der Waals surface area contributed by atoms with Crippen LogP contribution in [0.5, 0.6) is 11.5 Å². The molecule has 1 aliphatic carbocycles. The molecule has 4 rings (SSSR count). The Hall–Kier alpha value is -1.75. The lowest BCUT2D eigenvalue weighted by molar-refractivity contribution is 0.172. The van der Waals surface area contributed by atoms with E-state index in [-0.39, 0.29) is 5.54 Å². The van der Waals surface area contributed by atoms with Gasteiger partial charge in [0.2, 0.25) is 0 Å². The second-order valence-electron chi connectivity index (χ2n) is 5.11. The Morgan fingerprint density at radius 2 is 1.89 bits per heavy atom. The highest BCUT2D eigenvalue weighted by molar-refractivity contribution is 5.80. The fraction of sp³-hybridized carbons (Fsp3) is 0.462. The minimum atomic E-state index is -0.263. The number of aromatic nitrogens is 2. The quantitative estimate of drug-likeness (QED) is 0.801. The van der Waals surface area contributed by atoms with Gasteiger partial charge in [0.25, 0.3) is 0 Å². The second-order valence-corrected chi connectivity index (χ2v) is 5.11. The molecule has 0 bridgehead atoms. The molecule has 18 heavy (non-hydrogen) atoms. The van der Waals surface area contributed by atoms with Crippen molar-refractivity contribution in [3.8, 4) is 11.5 Å². The molecule has 0 saturated heterocycles. The highest BCUT2D eigenvalue weighted by atomic mass is 16.6. The summed E-state index contributed by atoms with van der Waals surface area (Å²) in [5, 5.41) is 0. The van der Waals surface area contributed by atoms with Crippen molar-refractivity contribution >= 4 is 11.0 Å². The lowest BCUT2D eigenvalue weighted by atomic mass is 9.77. The highest BCUT2D eigenvalue weighted by Crippen LogP contribution is 2.39. The summed E-state index contributed by atoms with van der Waals surface area (Å²) in [7, 11) is 0. The van der Waals surface area contributed by atoms with Gasteiger partial charge in [-0.25, -0.2) is 4.98 Å². The third-order valence-electron chi connectivity index (χ3n) is 3.86. The van der Waals surface area contributed by atoms with Gasteiger partial charge in [0.05, 0.1) is 16.6 Å². The molecule has 0 atom stereocenters. The van der Waals surface area contributed by atoms with Gasteiger partial charge < -0.3 is 20.2 Å². The van der Waals surface area contributed by atoms with Gasteiger partial charge in [-0.2, -0.15) is 0 Å². The Kier molecular flexibility index (Phi) is 1.92. The fourth-order valence-corrected chi connectivity index (χ4v) is 2.58. The standard InChI is InChI=1S/C13H15N3O2/c14-13(2-1-3-13)12-15-8-6-10-11(7-9(8)16-12)18-5-4-17-10/h6-7H,1-5,14H2,(H,15,16). The molecule has 2 aromatic rings. The van der Waals surface area contributed by atoms with Gasteiger partial charge in [-0.3, -0.25) is 0 Å². The molecule has 2 heterocycles. The summed E-state index contributed by atoms with van der Waals surface area (Å²) in [5.74, 6) is 2.43. The Morgan fingerprint density at radius 3 is 2.56 bits per heavy atom. The monoisotopic (exact) mass is 245 g/mol. The van der Waals surface area contributed by atoms with Crippen LogP contribution in [0.1, 0.15) is 25.1 Å². The van der Waals surface area contributed by atoms with Crippen molar-refractivity contribution in [1.29, 1.82) is 0 Å². The number of ether oxygens (including phenoxy) is 2. The molecule has 0 amide bonds. The first-order valence-corrected chi connectivity index (χ1v) is 6.33. The molecule has 94 valence electrons. The zero-order valence-electron chi connectivity index (χ0n) is 10.0. The summed E-state index contributed by atoms with van der Waals surface area (Å²) in [4.78, 5) is 7.91. The van der Waals surface area contributed by atoms with Crippen molar-refractivity contribution in [1.82, 2.24) is 9.97 Å². The molecular formula is C13H15N3O2. The van der Waals surface area contributed by atoms with E-state index < -0.39 is 0 Å². The number of aromatic amines is 1. The molecule has 3 N–H and O–H groups in total. The normalized spacial score (nSPS) is 20.7. The number of nitrogens with zero attached hydrogens (tertiary/aromatic N) is 1. The zero-order chi connectivity index (χ0) is 12.2. The van der Waals surface area contributed by atoms with Crippen LogP contribution in [0.15, 0.2) is 12.1 Å². The predicted molar refractivity (Wildman–Crippen MR) is 66.8 cm³/mol. The number of nitrogens with one attached hydrogen (secondary N) is 1. The third-order valence-corrected chi connectivity index (χ3v) is 3.86. The minimum absolute atomic E-state index is 0.263. The van der Waals surface area contributed by atoms with E-state index in [4.69, 9.17) is 15.2 Å². The second kappa shape index (κ2) is 3.38. The molecule has 5 nitrogen and oxygen atoms in total. The first-order chi connectivity index (χ1) is 8.74. The highest BCUT2D eigenvalue weighted by Gasteiger charge is 2.37.